The Bertz CT molecular complexity index is 1610. The largest absolute Gasteiger partial charge is 0.497 e. The average molecular weight is 625 g/mol. The molecule has 42 heavy (non-hydrogen) atoms. The normalized spacial score (nSPS) is 17.4. The molecule has 0 N–H and O–H groups in total. The minimum absolute atomic E-state index is 0.0663. The van der Waals surface area contributed by atoms with Crippen molar-refractivity contribution in [3.63, 3.8) is 0 Å². The number of benzene rings is 2. The van der Waals surface area contributed by atoms with E-state index >= 15 is 0 Å². The Balaban J connectivity index is 1.60. The summed E-state index contributed by atoms with van der Waals surface area (Å²) in [6.07, 6.45) is 0. The van der Waals surface area contributed by atoms with Gasteiger partial charge in [-0.2, -0.15) is 0 Å². The van der Waals surface area contributed by atoms with Crippen LogP contribution in [-0.4, -0.2) is 72.8 Å². The topological polar surface area (TPSA) is 120 Å². The van der Waals surface area contributed by atoms with Crippen molar-refractivity contribution in [3.8, 4) is 5.75 Å². The maximum atomic E-state index is 14.0. The van der Waals surface area contributed by atoms with Crippen LogP contribution in [0.1, 0.15) is 40.1 Å². The van der Waals surface area contributed by atoms with Crippen molar-refractivity contribution in [2.75, 3.05) is 32.8 Å². The Hall–Kier alpha value is -3.94. The Morgan fingerprint density at radius 1 is 0.857 bits per heavy atom. The van der Waals surface area contributed by atoms with Crippen LogP contribution in [0.2, 0.25) is 0 Å². The predicted octanol–water partition coefficient (Wildman–Crippen LogP) is 4.19. The van der Waals surface area contributed by atoms with Gasteiger partial charge in [0.15, 0.2) is 0 Å². The molecule has 2 aromatic rings. The number of thiocarbonyl (C=S) groups is 1. The van der Waals surface area contributed by atoms with E-state index in [1.165, 1.54) is 26.2 Å². The molecule has 0 saturated carbocycles. The van der Waals surface area contributed by atoms with E-state index in [0.29, 0.717) is 31.7 Å². The number of imide groups is 1. The van der Waals surface area contributed by atoms with Gasteiger partial charge in [0.1, 0.15) is 22.1 Å². The fourth-order valence-corrected chi connectivity index (χ4v) is 7.99. The number of carbonyl (C=O) groups is 5. The van der Waals surface area contributed by atoms with Gasteiger partial charge in [0.05, 0.1) is 52.8 Å². The van der Waals surface area contributed by atoms with Crippen LogP contribution in [0.3, 0.4) is 0 Å². The minimum atomic E-state index is -1.15. The van der Waals surface area contributed by atoms with Crippen molar-refractivity contribution in [2.45, 2.75) is 19.4 Å². The van der Waals surface area contributed by atoms with Gasteiger partial charge in [0.25, 0.3) is 11.8 Å². The second-order valence-corrected chi connectivity index (χ2v) is 12.5. The van der Waals surface area contributed by atoms with E-state index in [0.717, 1.165) is 28.4 Å². The van der Waals surface area contributed by atoms with Crippen molar-refractivity contribution < 1.29 is 38.2 Å². The lowest BCUT2D eigenvalue weighted by atomic mass is 9.83. The highest BCUT2D eigenvalue weighted by Gasteiger charge is 2.47. The van der Waals surface area contributed by atoms with Crippen molar-refractivity contribution in [2.24, 2.45) is 0 Å². The summed E-state index contributed by atoms with van der Waals surface area (Å²) in [5.41, 5.74) is 0.845. The Morgan fingerprint density at radius 3 is 1.90 bits per heavy atom. The SMILES string of the molecule is COC(=O)C1=C(C(=O)OC)SC(=C2C(=S)C(C)(C)N(C(=O)CN3C(=O)c4ccccc4C3=O)c3cc(OC)ccc32)S1. The van der Waals surface area contributed by atoms with Gasteiger partial charge in [0, 0.05) is 17.2 Å². The first-order chi connectivity index (χ1) is 20.0. The second-order valence-electron chi connectivity index (χ2n) is 9.75. The number of ether oxygens (including phenoxy) is 3. The van der Waals surface area contributed by atoms with Gasteiger partial charge in [-0.3, -0.25) is 24.2 Å². The number of hydrogen-bond acceptors (Lipinski definition) is 11. The summed E-state index contributed by atoms with van der Waals surface area (Å²) in [6.45, 7) is 2.99. The molecule has 10 nitrogen and oxygen atoms in total. The summed E-state index contributed by atoms with van der Waals surface area (Å²) in [5.74, 6) is -2.58. The van der Waals surface area contributed by atoms with E-state index in [4.69, 9.17) is 26.4 Å². The molecule has 0 aliphatic carbocycles. The maximum absolute atomic E-state index is 14.0. The molecule has 0 aromatic heterocycles. The van der Waals surface area contributed by atoms with Gasteiger partial charge in [-0.15, -0.1) is 0 Å². The molecule has 3 amide bonds. The number of anilines is 1. The number of amides is 3. The van der Waals surface area contributed by atoms with Crippen molar-refractivity contribution in [1.82, 2.24) is 4.90 Å². The van der Waals surface area contributed by atoms with Crippen LogP contribution >= 0.6 is 35.7 Å². The van der Waals surface area contributed by atoms with Crippen LogP contribution in [0.15, 0.2) is 56.5 Å². The molecule has 3 aliphatic rings. The molecule has 0 unspecified atom stereocenters. The zero-order valence-electron chi connectivity index (χ0n) is 23.1. The fourth-order valence-electron chi connectivity index (χ4n) is 4.96. The Morgan fingerprint density at radius 2 is 1.40 bits per heavy atom. The van der Waals surface area contributed by atoms with Crippen molar-refractivity contribution >= 4 is 81.5 Å². The number of esters is 2. The lowest BCUT2D eigenvalue weighted by molar-refractivity contribution is -0.138. The molecular formula is C29H24N2O8S3. The molecule has 13 heteroatoms. The molecule has 2 aromatic carbocycles. The molecule has 3 aliphatic heterocycles. The third kappa shape index (κ3) is 4.61. The summed E-state index contributed by atoms with van der Waals surface area (Å²) in [4.78, 5) is 68.1. The number of rotatable bonds is 5. The van der Waals surface area contributed by atoms with Crippen LogP contribution in [0, 0.1) is 0 Å². The Labute approximate surface area is 255 Å². The van der Waals surface area contributed by atoms with Gasteiger partial charge >= 0.3 is 11.9 Å². The standard InChI is InChI=1S/C29H24N2O8S3/c1-29(2)23(40)20(28-41-21(26(35)38-4)22(42-28)27(36)39-5)17-11-10-14(37-3)12-18(17)31(29)19(32)13-30-24(33)15-8-6-7-9-16(15)25(30)34/h6-12H,13H2,1-5H3. The van der Waals surface area contributed by atoms with E-state index in [2.05, 4.69) is 0 Å². The Kier molecular flexibility index (Phi) is 7.77. The molecular weight excluding hydrogens is 601 g/mol. The van der Waals surface area contributed by atoms with Crippen LogP contribution in [0.25, 0.3) is 5.57 Å². The van der Waals surface area contributed by atoms with Crippen molar-refractivity contribution in [3.05, 3.63) is 73.2 Å². The highest BCUT2D eigenvalue weighted by molar-refractivity contribution is 8.29. The van der Waals surface area contributed by atoms with Gasteiger partial charge in [0.2, 0.25) is 5.91 Å². The molecule has 0 bridgehead atoms. The summed E-state index contributed by atoms with van der Waals surface area (Å²) < 4.78 is 15.8. The van der Waals surface area contributed by atoms with Gasteiger partial charge < -0.3 is 14.2 Å². The molecule has 5 rings (SSSR count). The van der Waals surface area contributed by atoms with E-state index in [1.54, 1.807) is 56.3 Å². The van der Waals surface area contributed by atoms with E-state index < -0.39 is 41.7 Å². The van der Waals surface area contributed by atoms with Crippen LogP contribution < -0.4 is 9.64 Å². The van der Waals surface area contributed by atoms with E-state index in [9.17, 15) is 24.0 Å². The quantitative estimate of drug-likeness (QED) is 0.206. The molecule has 3 heterocycles. The molecule has 0 spiro atoms. The second kappa shape index (κ2) is 11.0. The van der Waals surface area contributed by atoms with Gasteiger partial charge in [-0.05, 0) is 38.1 Å². The molecule has 0 fully saturated rings. The highest BCUT2D eigenvalue weighted by Crippen LogP contribution is 2.56. The highest BCUT2D eigenvalue weighted by atomic mass is 32.2. The maximum Gasteiger partial charge on any atom is 0.346 e. The first kappa shape index (κ1) is 29.5. The van der Waals surface area contributed by atoms with Gasteiger partial charge in [-0.1, -0.05) is 47.9 Å². The predicted molar refractivity (Wildman–Crippen MR) is 162 cm³/mol. The number of methoxy groups -OCH3 is 3. The lowest BCUT2D eigenvalue weighted by Gasteiger charge is -2.45. The summed E-state index contributed by atoms with van der Waals surface area (Å²) >= 11 is 8.05. The van der Waals surface area contributed by atoms with E-state index in [1.807, 2.05) is 0 Å². The first-order valence-corrected chi connectivity index (χ1v) is 14.5. The third-order valence-corrected chi connectivity index (χ3v) is 10.3. The summed E-state index contributed by atoms with van der Waals surface area (Å²) in [5, 5.41) is 0. The molecule has 216 valence electrons. The molecule has 0 saturated heterocycles. The minimum Gasteiger partial charge on any atom is -0.497 e. The zero-order valence-corrected chi connectivity index (χ0v) is 25.6. The smallest absolute Gasteiger partial charge is 0.346 e. The van der Waals surface area contributed by atoms with Crippen LogP contribution in [0.5, 0.6) is 5.75 Å². The molecule has 0 radical (unpaired) electrons. The van der Waals surface area contributed by atoms with Crippen LogP contribution in [-0.2, 0) is 23.9 Å². The number of fused-ring (bicyclic) bond motifs is 2. The zero-order chi connectivity index (χ0) is 30.5. The monoisotopic (exact) mass is 624 g/mol. The van der Waals surface area contributed by atoms with Gasteiger partial charge in [-0.25, -0.2) is 9.59 Å². The molecule has 0 atom stereocenters. The van der Waals surface area contributed by atoms with Crippen LogP contribution in [0.4, 0.5) is 5.69 Å². The van der Waals surface area contributed by atoms with Crippen molar-refractivity contribution in [1.29, 1.82) is 0 Å². The number of thioether (sulfide) groups is 2. The number of nitrogens with zero attached hydrogens (tertiary/aromatic N) is 2. The number of carbonyl (C=O) groups excluding carboxylic acids is 5. The average Bonchev–Trinajstić information content (AvgIpc) is 3.52. The fraction of sp³-hybridized carbons (Fsp3) is 0.241. The number of hydrogen-bond donors (Lipinski definition) is 0. The van der Waals surface area contributed by atoms with E-state index in [-0.39, 0.29) is 20.9 Å². The summed E-state index contributed by atoms with van der Waals surface area (Å²) in [7, 11) is 3.92. The third-order valence-electron chi connectivity index (χ3n) is 7.02. The summed E-state index contributed by atoms with van der Waals surface area (Å²) in [6, 6.07) is 11.5. The first-order valence-electron chi connectivity index (χ1n) is 12.5. The lowest BCUT2D eigenvalue weighted by Crippen LogP contribution is -2.58.